The zero-order chi connectivity index (χ0) is 20.4. The molecule has 1 aromatic carbocycles. The largest absolute Gasteiger partial charge is 0.504 e. The molecule has 2 heterocycles. The summed E-state index contributed by atoms with van der Waals surface area (Å²) in [5.41, 5.74) is -0.701. The molecular weight excluding hydrogens is 364 g/mol. The molecule has 0 unspecified atom stereocenters. The number of rotatable bonds is 2. The Hall–Kier alpha value is -3.31. The number of aldehydes is 1. The Labute approximate surface area is 161 Å². The Morgan fingerprint density at radius 2 is 2.00 bits per heavy atom. The third-order valence-corrected chi connectivity index (χ3v) is 4.75. The SMILES string of the molecule is COc1cc2c(=O)c(C#CC(=O)N3CCN(C)CC3)c(C)oc2c(C=O)c1O. The summed E-state index contributed by atoms with van der Waals surface area (Å²) >= 11 is 0. The minimum atomic E-state index is -0.501. The molecule has 0 radical (unpaired) electrons. The predicted molar refractivity (Wildman–Crippen MR) is 102 cm³/mol. The van der Waals surface area contributed by atoms with Crippen LogP contribution in [0, 0.1) is 18.8 Å². The number of likely N-dealkylation sites (N-methyl/N-ethyl adjacent to an activating group) is 1. The molecule has 8 heteroatoms. The number of phenols is 1. The number of nitrogens with zero attached hydrogens (tertiary/aromatic N) is 2. The molecule has 146 valence electrons. The summed E-state index contributed by atoms with van der Waals surface area (Å²) < 4.78 is 10.6. The van der Waals surface area contributed by atoms with E-state index in [0.717, 1.165) is 13.1 Å². The summed E-state index contributed by atoms with van der Waals surface area (Å²) in [6.07, 6.45) is 0.394. The lowest BCUT2D eigenvalue weighted by molar-refractivity contribution is -0.126. The number of hydrogen-bond donors (Lipinski definition) is 1. The smallest absolute Gasteiger partial charge is 0.298 e. The minimum absolute atomic E-state index is 0.0274. The van der Waals surface area contributed by atoms with E-state index < -0.39 is 11.2 Å². The molecule has 0 bridgehead atoms. The van der Waals surface area contributed by atoms with Gasteiger partial charge in [0.15, 0.2) is 23.4 Å². The monoisotopic (exact) mass is 384 g/mol. The Bertz CT molecular complexity index is 1070. The number of phenolic OH excluding ortho intramolecular Hbond substituents is 1. The molecule has 1 aliphatic rings. The van der Waals surface area contributed by atoms with Gasteiger partial charge in [-0.05, 0) is 26.0 Å². The van der Waals surface area contributed by atoms with E-state index >= 15 is 0 Å². The summed E-state index contributed by atoms with van der Waals surface area (Å²) in [5, 5.41) is 10.1. The number of carbonyl (C=O) groups is 2. The average Bonchev–Trinajstić information content (AvgIpc) is 2.68. The molecule has 1 aromatic heterocycles. The fraction of sp³-hybridized carbons (Fsp3) is 0.350. The fourth-order valence-corrected chi connectivity index (χ4v) is 3.04. The second-order valence-corrected chi connectivity index (χ2v) is 6.54. The summed E-state index contributed by atoms with van der Waals surface area (Å²) in [5.74, 6) is 4.49. The van der Waals surface area contributed by atoms with Gasteiger partial charge in [0.25, 0.3) is 5.91 Å². The van der Waals surface area contributed by atoms with Gasteiger partial charge in [-0.25, -0.2) is 0 Å². The van der Waals surface area contributed by atoms with Crippen molar-refractivity contribution in [1.82, 2.24) is 9.80 Å². The maximum Gasteiger partial charge on any atom is 0.298 e. The molecule has 1 saturated heterocycles. The van der Waals surface area contributed by atoms with Crippen LogP contribution in [-0.4, -0.2) is 67.4 Å². The van der Waals surface area contributed by atoms with Crippen LogP contribution in [0.15, 0.2) is 15.3 Å². The lowest BCUT2D eigenvalue weighted by Gasteiger charge is -2.30. The number of carbonyl (C=O) groups excluding carboxylic acids is 2. The Morgan fingerprint density at radius 1 is 1.32 bits per heavy atom. The number of amides is 1. The Balaban J connectivity index is 2.06. The first kappa shape index (κ1) is 19.5. The summed E-state index contributed by atoms with van der Waals surface area (Å²) in [6, 6.07) is 1.29. The molecule has 0 spiro atoms. The molecule has 0 atom stereocenters. The van der Waals surface area contributed by atoms with Gasteiger partial charge in [0.2, 0.25) is 5.43 Å². The molecule has 1 aliphatic heterocycles. The van der Waals surface area contributed by atoms with E-state index in [1.54, 1.807) is 4.90 Å². The van der Waals surface area contributed by atoms with Gasteiger partial charge in [0.1, 0.15) is 16.9 Å². The van der Waals surface area contributed by atoms with E-state index in [0.29, 0.717) is 19.4 Å². The van der Waals surface area contributed by atoms with Gasteiger partial charge in [0.05, 0.1) is 12.5 Å². The number of hydrogen-bond acceptors (Lipinski definition) is 7. The molecule has 0 saturated carbocycles. The van der Waals surface area contributed by atoms with Crippen molar-refractivity contribution < 1.29 is 23.8 Å². The fourth-order valence-electron chi connectivity index (χ4n) is 3.04. The van der Waals surface area contributed by atoms with Crippen LogP contribution in [0.3, 0.4) is 0 Å². The Morgan fingerprint density at radius 3 is 2.61 bits per heavy atom. The highest BCUT2D eigenvalue weighted by atomic mass is 16.5. The highest BCUT2D eigenvalue weighted by Crippen LogP contribution is 2.35. The molecular formula is C20H20N2O6. The van der Waals surface area contributed by atoms with Crippen molar-refractivity contribution in [3.8, 4) is 23.3 Å². The van der Waals surface area contributed by atoms with Gasteiger partial charge in [-0.1, -0.05) is 0 Å². The molecule has 1 fully saturated rings. The maximum atomic E-state index is 12.9. The van der Waals surface area contributed by atoms with E-state index in [2.05, 4.69) is 16.7 Å². The van der Waals surface area contributed by atoms with Gasteiger partial charge in [-0.2, -0.15) is 0 Å². The molecule has 1 amide bonds. The van der Waals surface area contributed by atoms with E-state index in [-0.39, 0.29) is 39.5 Å². The van der Waals surface area contributed by atoms with Crippen molar-refractivity contribution in [2.24, 2.45) is 0 Å². The minimum Gasteiger partial charge on any atom is -0.504 e. The van der Waals surface area contributed by atoms with Crippen LogP contribution < -0.4 is 10.2 Å². The van der Waals surface area contributed by atoms with Crippen molar-refractivity contribution in [1.29, 1.82) is 0 Å². The van der Waals surface area contributed by atoms with Crippen molar-refractivity contribution in [3.63, 3.8) is 0 Å². The van der Waals surface area contributed by atoms with Crippen LogP contribution in [-0.2, 0) is 4.79 Å². The van der Waals surface area contributed by atoms with E-state index in [9.17, 15) is 19.5 Å². The van der Waals surface area contributed by atoms with Gasteiger partial charge >= 0.3 is 0 Å². The molecule has 0 aliphatic carbocycles. The van der Waals surface area contributed by atoms with Gasteiger partial charge < -0.3 is 24.1 Å². The highest BCUT2D eigenvalue weighted by Gasteiger charge is 2.20. The maximum absolute atomic E-state index is 12.9. The molecule has 8 nitrogen and oxygen atoms in total. The number of aryl methyl sites for hydroxylation is 1. The number of fused-ring (bicyclic) bond motifs is 1. The highest BCUT2D eigenvalue weighted by molar-refractivity contribution is 5.99. The van der Waals surface area contributed by atoms with Crippen molar-refractivity contribution in [3.05, 3.63) is 33.2 Å². The average molecular weight is 384 g/mol. The van der Waals surface area contributed by atoms with Gasteiger partial charge in [-0.15, -0.1) is 0 Å². The lowest BCUT2D eigenvalue weighted by atomic mass is 10.1. The van der Waals surface area contributed by atoms with Crippen LogP contribution in [0.2, 0.25) is 0 Å². The van der Waals surface area contributed by atoms with Crippen LogP contribution in [0.25, 0.3) is 11.0 Å². The van der Waals surface area contributed by atoms with E-state index in [1.165, 1.54) is 20.1 Å². The third-order valence-electron chi connectivity index (χ3n) is 4.75. The Kier molecular flexibility index (Phi) is 5.38. The first-order chi connectivity index (χ1) is 13.4. The second kappa shape index (κ2) is 7.74. The van der Waals surface area contributed by atoms with Gasteiger partial charge in [0, 0.05) is 32.1 Å². The quantitative estimate of drug-likeness (QED) is 0.602. The normalized spacial score (nSPS) is 14.5. The number of benzene rings is 1. The van der Waals surface area contributed by atoms with Crippen LogP contribution in [0.4, 0.5) is 0 Å². The number of piperazine rings is 1. The molecule has 28 heavy (non-hydrogen) atoms. The molecule has 3 rings (SSSR count). The van der Waals surface area contributed by atoms with Crippen LogP contribution >= 0.6 is 0 Å². The summed E-state index contributed by atoms with van der Waals surface area (Å²) in [6.45, 7) is 4.20. The number of methoxy groups -OCH3 is 1. The third kappa shape index (κ3) is 3.44. The topological polar surface area (TPSA) is 100 Å². The van der Waals surface area contributed by atoms with Gasteiger partial charge in [-0.3, -0.25) is 14.4 Å². The number of ether oxygens (including phenoxy) is 1. The van der Waals surface area contributed by atoms with Crippen molar-refractivity contribution in [2.75, 3.05) is 40.3 Å². The first-order valence-electron chi connectivity index (χ1n) is 8.69. The second-order valence-electron chi connectivity index (χ2n) is 6.54. The zero-order valence-electron chi connectivity index (χ0n) is 15.9. The van der Waals surface area contributed by atoms with Crippen molar-refractivity contribution >= 4 is 23.2 Å². The summed E-state index contributed by atoms with van der Waals surface area (Å²) in [7, 11) is 3.29. The van der Waals surface area contributed by atoms with E-state index in [1.807, 2.05) is 7.05 Å². The first-order valence-corrected chi connectivity index (χ1v) is 8.69. The number of aromatic hydroxyl groups is 1. The molecule has 2 aromatic rings. The molecule has 1 N–H and O–H groups in total. The summed E-state index contributed by atoms with van der Waals surface area (Å²) in [4.78, 5) is 40.3. The van der Waals surface area contributed by atoms with Crippen LogP contribution in [0.1, 0.15) is 21.7 Å². The van der Waals surface area contributed by atoms with Crippen LogP contribution in [0.5, 0.6) is 11.5 Å². The predicted octanol–water partition coefficient (Wildman–Crippen LogP) is 0.754. The lowest BCUT2D eigenvalue weighted by Crippen LogP contribution is -2.46. The van der Waals surface area contributed by atoms with Crippen molar-refractivity contribution in [2.45, 2.75) is 6.92 Å². The standard InChI is InChI=1S/C20H20N2O6/c1-12-13(4-5-17(24)22-8-6-21(2)7-9-22)18(25)14-10-16(27-3)19(26)15(11-23)20(14)28-12/h10-11,26H,6-9H2,1-3H3. The zero-order valence-corrected chi connectivity index (χ0v) is 15.9. The van der Waals surface area contributed by atoms with E-state index in [4.69, 9.17) is 9.15 Å².